The molecule has 3 nitrogen and oxygen atoms in total. The van der Waals surface area contributed by atoms with Crippen LogP contribution in [0.4, 0.5) is 5.69 Å². The van der Waals surface area contributed by atoms with Crippen molar-refractivity contribution < 1.29 is 4.74 Å². The summed E-state index contributed by atoms with van der Waals surface area (Å²) in [7, 11) is 0. The molecule has 0 aromatic heterocycles. The van der Waals surface area contributed by atoms with Gasteiger partial charge in [-0.2, -0.15) is 0 Å². The fourth-order valence-electron chi connectivity index (χ4n) is 3.17. The molecule has 0 radical (unpaired) electrons. The van der Waals surface area contributed by atoms with Gasteiger partial charge in [-0.05, 0) is 6.07 Å². The first kappa shape index (κ1) is 12.6. The van der Waals surface area contributed by atoms with Crippen molar-refractivity contribution in [1.82, 2.24) is 0 Å². The minimum Gasteiger partial charge on any atom is -0.377 e. The zero-order valence-corrected chi connectivity index (χ0v) is 11.9. The lowest BCUT2D eigenvalue weighted by Crippen LogP contribution is -2.47. The van der Waals surface area contributed by atoms with Crippen molar-refractivity contribution in [2.45, 2.75) is 6.04 Å². The Hall–Kier alpha value is -2.13. The monoisotopic (exact) mass is 278 g/mol. The van der Waals surface area contributed by atoms with E-state index >= 15 is 0 Å². The van der Waals surface area contributed by atoms with E-state index in [0.29, 0.717) is 6.04 Å². The van der Waals surface area contributed by atoms with E-state index in [-0.39, 0.29) is 0 Å². The van der Waals surface area contributed by atoms with Crippen LogP contribution in [0.5, 0.6) is 0 Å². The largest absolute Gasteiger partial charge is 0.377 e. The number of morpholine rings is 1. The maximum absolute atomic E-state index is 5.64. The molecule has 1 unspecified atom stereocenters. The van der Waals surface area contributed by atoms with Crippen LogP contribution in [0, 0.1) is 0 Å². The average Bonchev–Trinajstić information content (AvgIpc) is 2.73. The average molecular weight is 278 g/mol. The third-order valence-corrected chi connectivity index (χ3v) is 4.20. The van der Waals surface area contributed by atoms with Gasteiger partial charge in [0.15, 0.2) is 0 Å². The number of hydrogen-bond donors (Lipinski definition) is 0. The fourth-order valence-corrected chi connectivity index (χ4v) is 3.17. The predicted molar refractivity (Wildman–Crippen MR) is 85.3 cm³/mol. The van der Waals surface area contributed by atoms with Gasteiger partial charge < -0.3 is 9.64 Å². The van der Waals surface area contributed by atoms with Crippen LogP contribution in [0.2, 0.25) is 0 Å². The van der Waals surface area contributed by atoms with Crippen molar-refractivity contribution in [3.05, 3.63) is 65.7 Å². The molecule has 2 aromatic rings. The minimum absolute atomic E-state index is 0.348. The Kier molecular flexibility index (Phi) is 3.20. The summed E-state index contributed by atoms with van der Waals surface area (Å²) < 4.78 is 5.64. The second-order valence-corrected chi connectivity index (χ2v) is 5.49. The molecule has 1 fully saturated rings. The van der Waals surface area contributed by atoms with E-state index in [1.165, 1.54) is 16.8 Å². The molecule has 106 valence electrons. The van der Waals surface area contributed by atoms with Crippen molar-refractivity contribution >= 4 is 11.4 Å². The number of rotatable bonds is 1. The molecule has 0 N–H and O–H groups in total. The quantitative estimate of drug-likeness (QED) is 0.801. The van der Waals surface area contributed by atoms with Crippen molar-refractivity contribution in [1.29, 1.82) is 0 Å². The number of aliphatic imine (C=N–C) groups is 1. The summed E-state index contributed by atoms with van der Waals surface area (Å²) in [5, 5.41) is 0. The van der Waals surface area contributed by atoms with E-state index in [4.69, 9.17) is 9.73 Å². The highest BCUT2D eigenvalue weighted by molar-refractivity contribution is 6.16. The van der Waals surface area contributed by atoms with Crippen molar-refractivity contribution in [3.63, 3.8) is 0 Å². The molecule has 2 aliphatic rings. The first-order valence-corrected chi connectivity index (χ1v) is 7.47. The van der Waals surface area contributed by atoms with Gasteiger partial charge in [-0.1, -0.05) is 48.5 Å². The summed E-state index contributed by atoms with van der Waals surface area (Å²) in [5.41, 5.74) is 4.80. The van der Waals surface area contributed by atoms with Crippen LogP contribution in [0.3, 0.4) is 0 Å². The van der Waals surface area contributed by atoms with Gasteiger partial charge in [0.05, 0.1) is 31.5 Å². The molecule has 21 heavy (non-hydrogen) atoms. The van der Waals surface area contributed by atoms with E-state index in [9.17, 15) is 0 Å². The van der Waals surface area contributed by atoms with Gasteiger partial charge in [-0.15, -0.1) is 0 Å². The Morgan fingerprint density at radius 3 is 2.71 bits per heavy atom. The highest BCUT2D eigenvalue weighted by atomic mass is 16.5. The molecule has 2 aliphatic heterocycles. The Balaban J connectivity index is 1.86. The number of nitrogens with zero attached hydrogens (tertiary/aromatic N) is 2. The smallest absolute Gasteiger partial charge is 0.0740 e. The predicted octanol–water partition coefficient (Wildman–Crippen LogP) is 2.74. The number of fused-ring (bicyclic) bond motifs is 3. The molecule has 3 heteroatoms. The first-order chi connectivity index (χ1) is 10.4. The van der Waals surface area contributed by atoms with Gasteiger partial charge in [0.2, 0.25) is 0 Å². The molecule has 2 heterocycles. The molecule has 1 saturated heterocycles. The Labute approximate surface area is 124 Å². The maximum atomic E-state index is 5.64. The van der Waals surface area contributed by atoms with Crippen LogP contribution in [0.25, 0.3) is 0 Å². The van der Waals surface area contributed by atoms with E-state index in [2.05, 4.69) is 53.4 Å². The zero-order chi connectivity index (χ0) is 14.1. The highest BCUT2D eigenvalue weighted by Crippen LogP contribution is 2.29. The maximum Gasteiger partial charge on any atom is 0.0740 e. The van der Waals surface area contributed by atoms with Gasteiger partial charge in [0, 0.05) is 23.4 Å². The molecular formula is C18H18N2O. The summed E-state index contributed by atoms with van der Waals surface area (Å²) in [6.07, 6.45) is 0. The van der Waals surface area contributed by atoms with Crippen LogP contribution in [-0.2, 0) is 4.74 Å². The number of ether oxygens (including phenoxy) is 1. The van der Waals surface area contributed by atoms with Gasteiger partial charge in [0.1, 0.15) is 0 Å². The van der Waals surface area contributed by atoms with Gasteiger partial charge in [-0.3, -0.25) is 4.99 Å². The standard InChI is InChI=1S/C18H18N2O/c1-2-6-14(7-3-1)18-16-8-4-5-9-17(16)20-10-11-21-13-15(20)12-19-18/h1-9,15H,10-13H2. The lowest BCUT2D eigenvalue weighted by molar-refractivity contribution is 0.0966. The second kappa shape index (κ2) is 5.34. The van der Waals surface area contributed by atoms with Gasteiger partial charge in [-0.25, -0.2) is 0 Å². The minimum atomic E-state index is 0.348. The van der Waals surface area contributed by atoms with Crippen LogP contribution >= 0.6 is 0 Å². The third-order valence-electron chi connectivity index (χ3n) is 4.20. The van der Waals surface area contributed by atoms with Crippen molar-refractivity contribution in [3.8, 4) is 0 Å². The Morgan fingerprint density at radius 2 is 1.81 bits per heavy atom. The van der Waals surface area contributed by atoms with Gasteiger partial charge in [0.25, 0.3) is 0 Å². The Bertz CT molecular complexity index is 666. The van der Waals surface area contributed by atoms with Crippen LogP contribution in [-0.4, -0.2) is 38.1 Å². The topological polar surface area (TPSA) is 24.8 Å². The van der Waals surface area contributed by atoms with E-state index in [0.717, 1.165) is 32.0 Å². The van der Waals surface area contributed by atoms with E-state index in [1.807, 2.05) is 6.07 Å². The first-order valence-electron chi connectivity index (χ1n) is 7.47. The summed E-state index contributed by atoms with van der Waals surface area (Å²) in [6.45, 7) is 3.30. The van der Waals surface area contributed by atoms with Crippen molar-refractivity contribution in [2.75, 3.05) is 31.2 Å². The number of anilines is 1. The summed E-state index contributed by atoms with van der Waals surface area (Å²) in [4.78, 5) is 7.37. The highest BCUT2D eigenvalue weighted by Gasteiger charge is 2.28. The van der Waals surface area contributed by atoms with Crippen LogP contribution < -0.4 is 4.90 Å². The molecule has 0 aliphatic carbocycles. The summed E-state index contributed by atoms with van der Waals surface area (Å²) in [6, 6.07) is 19.4. The zero-order valence-electron chi connectivity index (χ0n) is 11.9. The van der Waals surface area contributed by atoms with Crippen LogP contribution in [0.1, 0.15) is 11.1 Å². The molecule has 0 spiro atoms. The van der Waals surface area contributed by atoms with E-state index in [1.54, 1.807) is 0 Å². The van der Waals surface area contributed by atoms with E-state index < -0.39 is 0 Å². The summed E-state index contributed by atoms with van der Waals surface area (Å²) >= 11 is 0. The second-order valence-electron chi connectivity index (χ2n) is 5.49. The lowest BCUT2D eigenvalue weighted by Gasteiger charge is -2.36. The number of hydrogen-bond acceptors (Lipinski definition) is 3. The lowest BCUT2D eigenvalue weighted by atomic mass is 10.00. The molecule has 0 saturated carbocycles. The molecule has 1 atom stereocenters. The normalized spacial score (nSPS) is 21.0. The Morgan fingerprint density at radius 1 is 1.00 bits per heavy atom. The molecule has 0 bridgehead atoms. The number of benzene rings is 2. The third kappa shape index (κ3) is 2.24. The SMILES string of the molecule is c1ccc(C2=NCC3COCCN3c3ccccc32)cc1. The fraction of sp³-hybridized carbons (Fsp3) is 0.278. The van der Waals surface area contributed by atoms with Gasteiger partial charge >= 0.3 is 0 Å². The summed E-state index contributed by atoms with van der Waals surface area (Å²) in [5.74, 6) is 0. The molecular weight excluding hydrogens is 260 g/mol. The van der Waals surface area contributed by atoms with Crippen molar-refractivity contribution in [2.24, 2.45) is 4.99 Å². The molecule has 4 rings (SSSR count). The molecule has 0 amide bonds. The van der Waals surface area contributed by atoms with Crippen LogP contribution in [0.15, 0.2) is 59.6 Å². The molecule has 2 aromatic carbocycles. The number of para-hydroxylation sites is 1.